The van der Waals surface area contributed by atoms with Gasteiger partial charge in [0.05, 0.1) is 12.9 Å². The molecule has 0 N–H and O–H groups in total. The van der Waals surface area contributed by atoms with Crippen molar-refractivity contribution in [3.63, 3.8) is 0 Å². The molecule has 0 aliphatic carbocycles. The van der Waals surface area contributed by atoms with Gasteiger partial charge in [0.1, 0.15) is 0 Å². The minimum absolute atomic E-state index is 0.0671. The van der Waals surface area contributed by atoms with Crippen LogP contribution < -0.4 is 0 Å². The molecule has 0 bridgehead atoms. The molecule has 0 aromatic rings. The van der Waals surface area contributed by atoms with Crippen molar-refractivity contribution in [1.82, 2.24) is 0 Å². The Kier molecular flexibility index (Phi) is 7.11. The van der Waals surface area contributed by atoms with Crippen molar-refractivity contribution in [2.45, 2.75) is 39.4 Å². The summed E-state index contributed by atoms with van der Waals surface area (Å²) < 4.78 is 10.9. The van der Waals surface area contributed by atoms with Crippen LogP contribution in [-0.4, -0.2) is 18.7 Å². The lowest BCUT2D eigenvalue weighted by Crippen LogP contribution is -2.20. The summed E-state index contributed by atoms with van der Waals surface area (Å²) in [5.41, 5.74) is 0. The number of carbonyl (C=O) groups is 1. The van der Waals surface area contributed by atoms with E-state index in [1.807, 2.05) is 26.0 Å². The van der Waals surface area contributed by atoms with Gasteiger partial charge in [0.25, 0.3) is 0 Å². The van der Waals surface area contributed by atoms with Crippen LogP contribution in [0.1, 0.15) is 33.1 Å². The standard InChI is InChI=1S/C15H22O3/c1-3-4-5-8-14(16)13(2)10-12-18-15-9-6-7-11-17-15/h3-5,8,10,12-13,15H,6-7,9,11H2,1-2H3/b4-3+,8-5+,12-10-. The Morgan fingerprint density at radius 2 is 2.22 bits per heavy atom. The predicted octanol–water partition coefficient (Wildman–Crippen LogP) is 3.38. The summed E-state index contributed by atoms with van der Waals surface area (Å²) in [5.74, 6) is -0.104. The molecule has 1 saturated heterocycles. The van der Waals surface area contributed by atoms with Crippen molar-refractivity contribution in [1.29, 1.82) is 0 Å². The van der Waals surface area contributed by atoms with Crippen LogP contribution in [0.15, 0.2) is 36.6 Å². The van der Waals surface area contributed by atoms with Crippen molar-refractivity contribution in [2.75, 3.05) is 6.61 Å². The van der Waals surface area contributed by atoms with Gasteiger partial charge in [0, 0.05) is 12.3 Å². The number of hydrogen-bond acceptors (Lipinski definition) is 3. The van der Waals surface area contributed by atoms with E-state index in [2.05, 4.69) is 0 Å². The average molecular weight is 250 g/mol. The number of ether oxygens (including phenoxy) is 2. The van der Waals surface area contributed by atoms with Gasteiger partial charge in [-0.3, -0.25) is 4.79 Å². The monoisotopic (exact) mass is 250 g/mol. The van der Waals surface area contributed by atoms with E-state index in [1.165, 1.54) is 0 Å². The summed E-state index contributed by atoms with van der Waals surface area (Å²) in [4.78, 5) is 11.6. The molecule has 0 amide bonds. The first-order chi connectivity index (χ1) is 8.74. The Bertz CT molecular complexity index is 323. The van der Waals surface area contributed by atoms with E-state index >= 15 is 0 Å². The van der Waals surface area contributed by atoms with Gasteiger partial charge in [0.2, 0.25) is 0 Å². The second-order valence-corrected chi connectivity index (χ2v) is 4.34. The topological polar surface area (TPSA) is 35.5 Å². The van der Waals surface area contributed by atoms with Gasteiger partial charge in [-0.1, -0.05) is 25.2 Å². The highest BCUT2D eigenvalue weighted by Gasteiger charge is 2.13. The Morgan fingerprint density at radius 3 is 2.89 bits per heavy atom. The maximum Gasteiger partial charge on any atom is 0.198 e. The Morgan fingerprint density at radius 1 is 1.39 bits per heavy atom. The first-order valence-electron chi connectivity index (χ1n) is 6.51. The molecule has 2 unspecified atom stereocenters. The lowest BCUT2D eigenvalue weighted by Gasteiger charge is -2.21. The summed E-state index contributed by atoms with van der Waals surface area (Å²) >= 11 is 0. The minimum Gasteiger partial charge on any atom is -0.473 e. The molecule has 1 aliphatic rings. The van der Waals surface area contributed by atoms with Gasteiger partial charge in [-0.05, 0) is 31.9 Å². The second kappa shape index (κ2) is 8.70. The van der Waals surface area contributed by atoms with Crippen LogP contribution in [-0.2, 0) is 14.3 Å². The molecular weight excluding hydrogens is 228 g/mol. The molecule has 0 saturated carbocycles. The van der Waals surface area contributed by atoms with Gasteiger partial charge in [0.15, 0.2) is 12.1 Å². The van der Waals surface area contributed by atoms with E-state index in [1.54, 1.807) is 24.5 Å². The normalized spacial score (nSPS) is 22.9. The van der Waals surface area contributed by atoms with E-state index < -0.39 is 0 Å². The molecule has 3 nitrogen and oxygen atoms in total. The fraction of sp³-hybridized carbons (Fsp3) is 0.533. The van der Waals surface area contributed by atoms with Crippen molar-refractivity contribution in [2.24, 2.45) is 5.92 Å². The summed E-state index contributed by atoms with van der Waals surface area (Å²) in [5, 5.41) is 0. The van der Waals surface area contributed by atoms with Crippen molar-refractivity contribution in [3.8, 4) is 0 Å². The third-order valence-corrected chi connectivity index (χ3v) is 2.75. The van der Waals surface area contributed by atoms with E-state index in [4.69, 9.17) is 9.47 Å². The van der Waals surface area contributed by atoms with Gasteiger partial charge in [-0.2, -0.15) is 0 Å². The Hall–Kier alpha value is -1.35. The molecule has 3 heteroatoms. The number of hydrogen-bond donors (Lipinski definition) is 0. The fourth-order valence-electron chi connectivity index (χ4n) is 1.58. The zero-order valence-electron chi connectivity index (χ0n) is 11.2. The highest BCUT2D eigenvalue weighted by Crippen LogP contribution is 2.14. The van der Waals surface area contributed by atoms with Crippen LogP contribution in [0.5, 0.6) is 0 Å². The summed E-state index contributed by atoms with van der Waals surface area (Å²) in [6, 6.07) is 0. The molecule has 1 heterocycles. The van der Waals surface area contributed by atoms with Crippen LogP contribution in [0.25, 0.3) is 0 Å². The smallest absolute Gasteiger partial charge is 0.198 e. The van der Waals surface area contributed by atoms with Crippen LogP contribution in [0.3, 0.4) is 0 Å². The number of rotatable bonds is 6. The van der Waals surface area contributed by atoms with Crippen molar-refractivity contribution < 1.29 is 14.3 Å². The summed E-state index contributed by atoms with van der Waals surface area (Å²) in [6.45, 7) is 4.53. The third kappa shape index (κ3) is 5.82. The van der Waals surface area contributed by atoms with Gasteiger partial charge >= 0.3 is 0 Å². The zero-order valence-corrected chi connectivity index (χ0v) is 11.2. The largest absolute Gasteiger partial charge is 0.473 e. The molecule has 18 heavy (non-hydrogen) atoms. The van der Waals surface area contributed by atoms with Crippen LogP contribution in [0, 0.1) is 5.92 Å². The van der Waals surface area contributed by atoms with E-state index in [0.29, 0.717) is 0 Å². The maximum atomic E-state index is 11.6. The van der Waals surface area contributed by atoms with Crippen LogP contribution in [0.2, 0.25) is 0 Å². The van der Waals surface area contributed by atoms with Crippen LogP contribution in [0.4, 0.5) is 0 Å². The number of carbonyl (C=O) groups excluding carboxylic acids is 1. The SMILES string of the molecule is C/C=C/C=C/C(=O)C(C)/C=C\OC1CCCCO1. The minimum atomic E-state index is -0.171. The van der Waals surface area contributed by atoms with E-state index in [9.17, 15) is 4.79 Å². The van der Waals surface area contributed by atoms with E-state index in [0.717, 1.165) is 25.9 Å². The molecule has 1 aliphatic heterocycles. The van der Waals surface area contributed by atoms with Gasteiger partial charge < -0.3 is 9.47 Å². The summed E-state index contributed by atoms with van der Waals surface area (Å²) in [7, 11) is 0. The molecule has 0 spiro atoms. The first kappa shape index (κ1) is 14.7. The second-order valence-electron chi connectivity index (χ2n) is 4.34. The summed E-state index contributed by atoms with van der Waals surface area (Å²) in [6.07, 6.45) is 13.4. The maximum absolute atomic E-state index is 11.6. The zero-order chi connectivity index (χ0) is 13.2. The lowest BCUT2D eigenvalue weighted by molar-refractivity contribution is -0.130. The number of allylic oxidation sites excluding steroid dienone is 5. The predicted molar refractivity (Wildman–Crippen MR) is 71.9 cm³/mol. The van der Waals surface area contributed by atoms with E-state index in [-0.39, 0.29) is 18.0 Å². The van der Waals surface area contributed by atoms with Gasteiger partial charge in [-0.25, -0.2) is 0 Å². The molecule has 1 fully saturated rings. The average Bonchev–Trinajstić information content (AvgIpc) is 2.40. The third-order valence-electron chi connectivity index (χ3n) is 2.75. The van der Waals surface area contributed by atoms with Gasteiger partial charge in [-0.15, -0.1) is 0 Å². The van der Waals surface area contributed by atoms with Crippen LogP contribution >= 0.6 is 0 Å². The van der Waals surface area contributed by atoms with Crippen molar-refractivity contribution >= 4 is 5.78 Å². The quantitative estimate of drug-likeness (QED) is 0.412. The first-order valence-corrected chi connectivity index (χ1v) is 6.51. The molecule has 2 atom stereocenters. The van der Waals surface area contributed by atoms with Crippen molar-refractivity contribution in [3.05, 3.63) is 36.6 Å². The molecule has 1 rings (SSSR count). The highest BCUT2D eigenvalue weighted by molar-refractivity contribution is 5.92. The Balaban J connectivity index is 2.29. The molecule has 0 aromatic carbocycles. The molecule has 0 aromatic heterocycles. The molecule has 0 radical (unpaired) electrons. The Labute approximate surface area is 109 Å². The lowest BCUT2D eigenvalue weighted by atomic mass is 10.1. The number of ketones is 1. The molecule has 100 valence electrons. The fourth-order valence-corrected chi connectivity index (χ4v) is 1.58. The highest BCUT2D eigenvalue weighted by atomic mass is 16.7. The molecular formula is C15H22O3.